The largest absolute Gasteiger partial charge is 0.508 e. The van der Waals surface area contributed by atoms with Crippen LogP contribution in [0.15, 0.2) is 66.7 Å². The zero-order chi connectivity index (χ0) is 38.6. The Labute approximate surface area is 281 Å². The molecule has 270 valence electrons. The van der Waals surface area contributed by atoms with Gasteiger partial charge in [-0.3, -0.25) is 0 Å². The molecule has 0 unspecified atom stereocenters. The van der Waals surface area contributed by atoms with E-state index < -0.39 is 121 Å². The van der Waals surface area contributed by atoms with Crippen LogP contribution >= 0.6 is 0 Å². The Kier molecular flexibility index (Phi) is 9.99. The summed E-state index contributed by atoms with van der Waals surface area (Å²) in [5, 5.41) is 9.23. The van der Waals surface area contributed by atoms with E-state index in [1.165, 1.54) is 0 Å². The molecule has 6 rings (SSSR count). The van der Waals surface area contributed by atoms with Crippen molar-refractivity contribution >= 4 is 44.5 Å². The fourth-order valence-corrected chi connectivity index (χ4v) is 5.94. The van der Waals surface area contributed by atoms with E-state index in [1.807, 2.05) is 30.3 Å². The highest BCUT2D eigenvalue weighted by molar-refractivity contribution is 7.20. The number of hydrogen-bond acceptors (Lipinski definition) is 1. The molecular formula is C34H15BF15NO. The molecule has 18 heteroatoms. The smallest absolute Gasteiger partial charge is 0.200 e. The number of benzene rings is 6. The minimum Gasteiger partial charge on any atom is -0.508 e. The van der Waals surface area contributed by atoms with Gasteiger partial charge in [-0.25, -0.2) is 65.9 Å². The lowest BCUT2D eigenvalue weighted by Crippen LogP contribution is -2.79. The van der Waals surface area contributed by atoms with Crippen molar-refractivity contribution in [1.29, 1.82) is 0 Å². The summed E-state index contributed by atoms with van der Waals surface area (Å²) in [4.78, 5) is 0. The minimum absolute atomic E-state index is 0.129. The quantitative estimate of drug-likeness (QED) is 0.0912. The van der Waals surface area contributed by atoms with Crippen LogP contribution in [0.2, 0.25) is 0 Å². The minimum atomic E-state index is -5.87. The molecule has 0 aromatic heterocycles. The van der Waals surface area contributed by atoms with Crippen molar-refractivity contribution in [2.75, 3.05) is 0 Å². The Hall–Kier alpha value is -5.65. The number of phenolic OH excluding ortho intramolecular Hbond substituents is 1. The molecule has 4 N–H and O–H groups in total. The van der Waals surface area contributed by atoms with Gasteiger partial charge in [0.25, 0.3) is 0 Å². The first-order chi connectivity index (χ1) is 24.4. The van der Waals surface area contributed by atoms with Gasteiger partial charge in [-0.15, -0.1) is 16.4 Å². The van der Waals surface area contributed by atoms with Crippen LogP contribution in [0.4, 0.5) is 71.5 Å². The van der Waals surface area contributed by atoms with Crippen LogP contribution in [0.5, 0.6) is 5.75 Å². The maximum atomic E-state index is 15.7. The number of hydrogen-bond donors (Lipinski definition) is 2. The summed E-state index contributed by atoms with van der Waals surface area (Å²) in [6.07, 6.45) is -5.87. The molecule has 0 aliphatic heterocycles. The molecule has 52 heavy (non-hydrogen) atoms. The molecule has 0 spiro atoms. The molecule has 0 aliphatic carbocycles. The Morgan fingerprint density at radius 1 is 0.365 bits per heavy atom. The molecule has 0 radical (unpaired) electrons. The monoisotopic (exact) mass is 749 g/mol. The fourth-order valence-electron chi connectivity index (χ4n) is 5.94. The third kappa shape index (κ3) is 5.76. The van der Waals surface area contributed by atoms with Gasteiger partial charge in [-0.2, -0.15) is 5.46 Å². The molecule has 0 saturated carbocycles. The predicted octanol–water partition coefficient (Wildman–Crippen LogP) is 6.57. The second kappa shape index (κ2) is 13.8. The van der Waals surface area contributed by atoms with Gasteiger partial charge in [0.15, 0.2) is 52.4 Å². The van der Waals surface area contributed by atoms with Crippen LogP contribution in [-0.4, -0.2) is 11.3 Å². The number of aromatic hydroxyl groups is 1. The molecule has 0 heterocycles. The van der Waals surface area contributed by atoms with E-state index in [0.717, 1.165) is 23.9 Å². The van der Waals surface area contributed by atoms with Crippen LogP contribution in [0, 0.1) is 87.3 Å². The van der Waals surface area contributed by atoms with Crippen LogP contribution < -0.4 is 27.6 Å². The van der Waals surface area contributed by atoms with Gasteiger partial charge in [0, 0.05) is 0 Å². The summed E-state index contributed by atoms with van der Waals surface area (Å²) >= 11 is 0. The second-order valence-corrected chi connectivity index (χ2v) is 11.1. The van der Waals surface area contributed by atoms with Crippen molar-refractivity contribution in [3.05, 3.63) is 154 Å². The van der Waals surface area contributed by atoms with Crippen molar-refractivity contribution in [1.82, 2.24) is 0 Å². The van der Waals surface area contributed by atoms with Crippen LogP contribution in [-0.2, 0) is 0 Å². The maximum Gasteiger partial charge on any atom is 0.200 e. The Morgan fingerprint density at radius 3 is 1.00 bits per heavy atom. The molecular weight excluding hydrogens is 734 g/mol. The lowest BCUT2D eigenvalue weighted by Gasteiger charge is -2.44. The van der Waals surface area contributed by atoms with Crippen molar-refractivity contribution in [3.63, 3.8) is 0 Å². The van der Waals surface area contributed by atoms with Crippen molar-refractivity contribution in [2.45, 2.75) is 0 Å². The van der Waals surface area contributed by atoms with E-state index >= 15 is 26.3 Å². The second-order valence-electron chi connectivity index (χ2n) is 11.1. The lowest BCUT2D eigenvalue weighted by atomic mass is 9.12. The van der Waals surface area contributed by atoms with E-state index in [-0.39, 0.29) is 10.8 Å². The van der Waals surface area contributed by atoms with Gasteiger partial charge in [-0.05, 0) is 35.0 Å². The number of fused-ring (bicyclic) bond motifs is 1. The third-order valence-corrected chi connectivity index (χ3v) is 8.22. The van der Waals surface area contributed by atoms with Gasteiger partial charge in [-0.1, -0.05) is 42.5 Å². The lowest BCUT2D eigenvalue weighted by molar-refractivity contribution is -0.254. The Bertz CT molecular complexity index is 2150. The normalized spacial score (nSPS) is 11.5. The maximum absolute atomic E-state index is 15.7. The molecule has 0 aliphatic rings. The summed E-state index contributed by atoms with van der Waals surface area (Å²) in [6.45, 7) is 0. The van der Waals surface area contributed by atoms with Gasteiger partial charge in [0.05, 0.1) is 0 Å². The summed E-state index contributed by atoms with van der Waals surface area (Å²) in [5.41, 5.74) is -4.86. The highest BCUT2D eigenvalue weighted by Gasteiger charge is 2.49. The van der Waals surface area contributed by atoms with E-state index in [1.54, 1.807) is 0 Å². The standard InChI is InChI=1S/C28H7BF15O.C6H7N/c30-14-11(15(31)21(37)26(42)20(14)36)29(12-16(32)22(38)27(43)23(39)17(12)33,13-18(34)24(40)28(44)25(41)19(13)35)9-3-1-8-6-10(45)4-2-7(8)5-9;7-6-4-2-1-3-5-6/h1-6,45H;1-5H,7H2/q-1;/p+1. The van der Waals surface area contributed by atoms with Crippen molar-refractivity contribution < 1.29 is 76.7 Å². The molecule has 6 aromatic rings. The van der Waals surface area contributed by atoms with E-state index in [0.29, 0.717) is 18.2 Å². The summed E-state index contributed by atoms with van der Waals surface area (Å²) in [6, 6.07) is 14.1. The molecule has 0 fully saturated rings. The summed E-state index contributed by atoms with van der Waals surface area (Å²) in [5.74, 6) is -46.5. The van der Waals surface area contributed by atoms with E-state index in [9.17, 15) is 44.6 Å². The van der Waals surface area contributed by atoms with Crippen LogP contribution in [0.3, 0.4) is 0 Å². The number of rotatable bonds is 4. The molecule has 0 amide bonds. The Morgan fingerprint density at radius 2 is 0.673 bits per heavy atom. The molecule has 2 nitrogen and oxygen atoms in total. The van der Waals surface area contributed by atoms with Crippen molar-refractivity contribution in [2.24, 2.45) is 0 Å². The first-order valence-electron chi connectivity index (χ1n) is 14.2. The SMILES string of the molecule is Oc1ccc2cc([B-](c3c(F)c(F)c(F)c(F)c3F)(c3c(F)c(F)c(F)c(F)c3F)c3c(F)c(F)c(F)c(F)c3F)ccc2c1.[NH3+]c1ccccc1. The van der Waals surface area contributed by atoms with Crippen LogP contribution in [0.25, 0.3) is 10.8 Å². The van der Waals surface area contributed by atoms with Gasteiger partial charge < -0.3 is 10.8 Å². The molecule has 0 saturated heterocycles. The van der Waals surface area contributed by atoms with Crippen molar-refractivity contribution in [3.8, 4) is 5.75 Å². The molecule has 0 bridgehead atoms. The first-order valence-corrected chi connectivity index (χ1v) is 14.2. The average molecular weight is 749 g/mol. The third-order valence-electron chi connectivity index (χ3n) is 8.22. The fraction of sp³-hybridized carbons (Fsp3) is 0. The van der Waals surface area contributed by atoms with Gasteiger partial charge in [0.2, 0.25) is 0 Å². The summed E-state index contributed by atoms with van der Waals surface area (Å²) in [7, 11) is 0. The van der Waals surface area contributed by atoms with Gasteiger partial charge in [0.1, 0.15) is 52.5 Å². The Balaban J connectivity index is 0.000000668. The predicted molar refractivity (Wildman–Crippen MR) is 158 cm³/mol. The highest BCUT2D eigenvalue weighted by atomic mass is 19.2. The molecule has 6 aromatic carbocycles. The van der Waals surface area contributed by atoms with E-state index in [4.69, 9.17) is 0 Å². The number of halogens is 15. The van der Waals surface area contributed by atoms with Gasteiger partial charge >= 0.3 is 0 Å². The molecule has 0 atom stereocenters. The van der Waals surface area contributed by atoms with Crippen LogP contribution in [0.1, 0.15) is 0 Å². The zero-order valence-electron chi connectivity index (χ0n) is 25.3. The topological polar surface area (TPSA) is 47.9 Å². The number of phenols is 1. The zero-order valence-corrected chi connectivity index (χ0v) is 25.3. The average Bonchev–Trinajstić information content (AvgIpc) is 3.13. The first kappa shape index (κ1) is 37.6. The highest BCUT2D eigenvalue weighted by Crippen LogP contribution is 2.29. The van der Waals surface area contributed by atoms with E-state index in [2.05, 4.69) is 5.73 Å². The summed E-state index contributed by atoms with van der Waals surface area (Å²) < 4.78 is 224. The number of quaternary nitrogens is 1.